The van der Waals surface area contributed by atoms with E-state index in [1.807, 2.05) is 31.2 Å². The van der Waals surface area contributed by atoms with E-state index in [0.717, 1.165) is 36.4 Å². The monoisotopic (exact) mass is 293 g/mol. The zero-order valence-electron chi connectivity index (χ0n) is 11.9. The molecule has 1 N–H and O–H groups in total. The van der Waals surface area contributed by atoms with Gasteiger partial charge in [0.05, 0.1) is 11.3 Å². The fourth-order valence-corrected chi connectivity index (χ4v) is 2.21. The second-order valence-corrected chi connectivity index (χ2v) is 5.18. The number of benzene rings is 1. The molecule has 0 atom stereocenters. The first-order chi connectivity index (χ1) is 9.70. The minimum absolute atomic E-state index is 0.388. The van der Waals surface area contributed by atoms with E-state index in [2.05, 4.69) is 12.2 Å². The van der Waals surface area contributed by atoms with Crippen molar-refractivity contribution in [3.63, 3.8) is 0 Å². The minimum atomic E-state index is 0.388. The Balaban J connectivity index is 1.95. The maximum absolute atomic E-state index is 6.14. The molecular formula is C16H20ClNO2. The lowest BCUT2D eigenvalue weighted by Crippen LogP contribution is -2.14. The molecular weight excluding hydrogens is 274 g/mol. The van der Waals surface area contributed by atoms with E-state index in [1.165, 1.54) is 0 Å². The van der Waals surface area contributed by atoms with Crippen LogP contribution in [0.2, 0.25) is 5.02 Å². The van der Waals surface area contributed by atoms with Gasteiger partial charge >= 0.3 is 0 Å². The van der Waals surface area contributed by atoms with E-state index in [9.17, 15) is 0 Å². The first-order valence-corrected chi connectivity index (χ1v) is 7.23. The van der Waals surface area contributed by atoms with Crippen molar-refractivity contribution in [1.29, 1.82) is 0 Å². The normalized spacial score (nSPS) is 10.8. The summed E-state index contributed by atoms with van der Waals surface area (Å²) in [6.45, 7) is 6.32. The summed E-state index contributed by atoms with van der Waals surface area (Å²) in [7, 11) is 0. The number of ether oxygens (including phenoxy) is 1. The SMILES string of the molecule is CCCNCc1ccoc1COc1ccc(C)cc1Cl. The third-order valence-corrected chi connectivity index (χ3v) is 3.32. The molecule has 0 aliphatic rings. The maximum atomic E-state index is 6.14. The van der Waals surface area contributed by atoms with Crippen molar-refractivity contribution < 1.29 is 9.15 Å². The van der Waals surface area contributed by atoms with Gasteiger partial charge in [-0.25, -0.2) is 0 Å². The minimum Gasteiger partial charge on any atom is -0.484 e. The van der Waals surface area contributed by atoms with Gasteiger partial charge in [-0.1, -0.05) is 24.6 Å². The predicted octanol–water partition coefficient (Wildman–Crippen LogP) is 4.32. The van der Waals surface area contributed by atoms with E-state index < -0.39 is 0 Å². The van der Waals surface area contributed by atoms with Gasteiger partial charge in [0.15, 0.2) is 0 Å². The van der Waals surface area contributed by atoms with Gasteiger partial charge in [-0.2, -0.15) is 0 Å². The summed E-state index contributed by atoms with van der Waals surface area (Å²) < 4.78 is 11.2. The average molecular weight is 294 g/mol. The fraction of sp³-hybridized carbons (Fsp3) is 0.375. The van der Waals surface area contributed by atoms with Crippen LogP contribution in [0.15, 0.2) is 34.9 Å². The van der Waals surface area contributed by atoms with Gasteiger partial charge in [-0.05, 0) is 43.7 Å². The molecule has 0 aliphatic heterocycles. The van der Waals surface area contributed by atoms with E-state index in [-0.39, 0.29) is 0 Å². The van der Waals surface area contributed by atoms with Crippen molar-refractivity contribution in [1.82, 2.24) is 5.32 Å². The van der Waals surface area contributed by atoms with Crippen LogP contribution in [0, 0.1) is 6.92 Å². The third kappa shape index (κ3) is 4.02. The zero-order chi connectivity index (χ0) is 14.4. The highest BCUT2D eigenvalue weighted by Crippen LogP contribution is 2.26. The summed E-state index contributed by atoms with van der Waals surface area (Å²) in [6, 6.07) is 7.73. The Hall–Kier alpha value is -1.45. The second-order valence-electron chi connectivity index (χ2n) is 4.77. The Kier molecular flexibility index (Phi) is 5.50. The summed E-state index contributed by atoms with van der Waals surface area (Å²) in [6.07, 6.45) is 2.81. The highest BCUT2D eigenvalue weighted by molar-refractivity contribution is 6.32. The van der Waals surface area contributed by atoms with Crippen molar-refractivity contribution in [2.45, 2.75) is 33.4 Å². The summed E-state index contributed by atoms with van der Waals surface area (Å²) in [5.41, 5.74) is 2.24. The molecule has 2 rings (SSSR count). The molecule has 20 heavy (non-hydrogen) atoms. The first kappa shape index (κ1) is 14.9. The van der Waals surface area contributed by atoms with Crippen LogP contribution in [-0.4, -0.2) is 6.54 Å². The quantitative estimate of drug-likeness (QED) is 0.772. The molecule has 2 aromatic rings. The van der Waals surface area contributed by atoms with Crippen LogP contribution >= 0.6 is 11.6 Å². The predicted molar refractivity (Wildman–Crippen MR) is 81.2 cm³/mol. The molecule has 0 fully saturated rings. The van der Waals surface area contributed by atoms with Gasteiger partial charge in [0.1, 0.15) is 18.1 Å². The molecule has 3 nitrogen and oxygen atoms in total. The molecule has 0 aliphatic carbocycles. The maximum Gasteiger partial charge on any atom is 0.146 e. The first-order valence-electron chi connectivity index (χ1n) is 6.85. The highest BCUT2D eigenvalue weighted by atomic mass is 35.5. The van der Waals surface area contributed by atoms with E-state index >= 15 is 0 Å². The number of hydrogen-bond acceptors (Lipinski definition) is 3. The molecule has 1 aromatic heterocycles. The van der Waals surface area contributed by atoms with Crippen molar-refractivity contribution in [3.8, 4) is 5.75 Å². The summed E-state index contributed by atoms with van der Waals surface area (Å²) >= 11 is 6.14. The molecule has 0 unspecified atom stereocenters. The average Bonchev–Trinajstić information content (AvgIpc) is 2.86. The van der Waals surface area contributed by atoms with Crippen molar-refractivity contribution in [3.05, 3.63) is 52.4 Å². The summed E-state index contributed by atoms with van der Waals surface area (Å²) in [5, 5.41) is 3.98. The molecule has 0 saturated carbocycles. The van der Waals surface area contributed by atoms with E-state index in [1.54, 1.807) is 6.26 Å². The lowest BCUT2D eigenvalue weighted by molar-refractivity contribution is 0.268. The Morgan fingerprint density at radius 1 is 1.30 bits per heavy atom. The van der Waals surface area contributed by atoms with Gasteiger partial charge in [0.25, 0.3) is 0 Å². The second kappa shape index (κ2) is 7.36. The van der Waals surface area contributed by atoms with Gasteiger partial charge in [-0.15, -0.1) is 0 Å². The molecule has 0 radical (unpaired) electrons. The van der Waals surface area contributed by atoms with Gasteiger partial charge < -0.3 is 14.5 Å². The van der Waals surface area contributed by atoms with Crippen LogP contribution in [0.4, 0.5) is 0 Å². The number of rotatable bonds is 7. The molecule has 108 valence electrons. The van der Waals surface area contributed by atoms with Crippen LogP contribution < -0.4 is 10.1 Å². The number of nitrogens with one attached hydrogen (secondary N) is 1. The van der Waals surface area contributed by atoms with Crippen LogP contribution in [-0.2, 0) is 13.2 Å². The summed E-state index contributed by atoms with van der Waals surface area (Å²) in [4.78, 5) is 0. The number of aryl methyl sites for hydroxylation is 1. The van der Waals surface area contributed by atoms with Gasteiger partial charge in [-0.3, -0.25) is 0 Å². The Bertz CT molecular complexity index is 551. The molecule has 0 spiro atoms. The van der Waals surface area contributed by atoms with E-state index in [4.69, 9.17) is 20.8 Å². The van der Waals surface area contributed by atoms with Crippen molar-refractivity contribution in [2.24, 2.45) is 0 Å². The van der Waals surface area contributed by atoms with Crippen LogP contribution in [0.25, 0.3) is 0 Å². The fourth-order valence-electron chi connectivity index (χ4n) is 1.92. The topological polar surface area (TPSA) is 34.4 Å². The van der Waals surface area contributed by atoms with Gasteiger partial charge in [0.2, 0.25) is 0 Å². The van der Waals surface area contributed by atoms with Crippen molar-refractivity contribution in [2.75, 3.05) is 6.54 Å². The van der Waals surface area contributed by atoms with Gasteiger partial charge in [0, 0.05) is 12.1 Å². The standard InChI is InChI=1S/C16H20ClNO2/c1-3-7-18-10-13-6-8-19-16(13)11-20-15-5-4-12(2)9-14(15)17/h4-6,8-9,18H,3,7,10-11H2,1-2H3. The number of halogens is 1. The lowest BCUT2D eigenvalue weighted by Gasteiger charge is -2.09. The highest BCUT2D eigenvalue weighted by Gasteiger charge is 2.08. The smallest absolute Gasteiger partial charge is 0.146 e. The van der Waals surface area contributed by atoms with Crippen LogP contribution in [0.5, 0.6) is 5.75 Å². The Morgan fingerprint density at radius 2 is 2.15 bits per heavy atom. The molecule has 0 amide bonds. The summed E-state index contributed by atoms with van der Waals surface area (Å²) in [5.74, 6) is 1.52. The Labute approximate surface area is 124 Å². The number of hydrogen-bond donors (Lipinski definition) is 1. The number of furan rings is 1. The third-order valence-electron chi connectivity index (χ3n) is 3.03. The van der Waals surface area contributed by atoms with E-state index in [0.29, 0.717) is 17.4 Å². The van der Waals surface area contributed by atoms with Crippen LogP contribution in [0.3, 0.4) is 0 Å². The molecule has 0 saturated heterocycles. The molecule has 0 bridgehead atoms. The zero-order valence-corrected chi connectivity index (χ0v) is 12.7. The lowest BCUT2D eigenvalue weighted by atomic mass is 10.2. The Morgan fingerprint density at radius 3 is 2.90 bits per heavy atom. The largest absolute Gasteiger partial charge is 0.484 e. The molecule has 4 heteroatoms. The van der Waals surface area contributed by atoms with Crippen LogP contribution in [0.1, 0.15) is 30.2 Å². The molecule has 1 aromatic carbocycles. The molecule has 1 heterocycles. The van der Waals surface area contributed by atoms with Crippen molar-refractivity contribution >= 4 is 11.6 Å².